The second-order valence-electron chi connectivity index (χ2n) is 4.52. The molecule has 0 aliphatic heterocycles. The molecule has 0 aromatic heterocycles. The summed E-state index contributed by atoms with van der Waals surface area (Å²) >= 11 is 0. The van der Waals surface area contributed by atoms with Crippen LogP contribution in [0.2, 0.25) is 0 Å². The fourth-order valence-corrected chi connectivity index (χ4v) is 2.89. The van der Waals surface area contributed by atoms with Crippen molar-refractivity contribution in [3.05, 3.63) is 65.7 Å². The van der Waals surface area contributed by atoms with Crippen LogP contribution < -0.4 is 10.5 Å². The van der Waals surface area contributed by atoms with Crippen molar-refractivity contribution < 1.29 is 13.2 Å². The zero-order chi connectivity index (χ0) is 15.3. The van der Waals surface area contributed by atoms with E-state index in [4.69, 9.17) is 5.73 Å². The summed E-state index contributed by atoms with van der Waals surface area (Å²) in [7, 11) is -3.58. The van der Waals surface area contributed by atoms with E-state index in [-0.39, 0.29) is 10.5 Å². The second-order valence-corrected chi connectivity index (χ2v) is 6.29. The van der Waals surface area contributed by atoms with Crippen LogP contribution in [0.15, 0.2) is 59.5 Å². The van der Waals surface area contributed by atoms with Crippen LogP contribution in [0.5, 0.6) is 0 Å². The molecule has 5 nitrogen and oxygen atoms in total. The van der Waals surface area contributed by atoms with Gasteiger partial charge in [-0.15, -0.1) is 0 Å². The molecular weight excluding hydrogens is 288 g/mol. The van der Waals surface area contributed by atoms with Crippen LogP contribution >= 0.6 is 0 Å². The van der Waals surface area contributed by atoms with Gasteiger partial charge in [-0.25, -0.2) is 13.1 Å². The third kappa shape index (κ3) is 4.14. The van der Waals surface area contributed by atoms with Gasteiger partial charge in [0.2, 0.25) is 15.9 Å². The molecule has 0 aliphatic carbocycles. The molecule has 0 spiro atoms. The molecular formula is C15H16N2O3S. The zero-order valence-electron chi connectivity index (χ0n) is 11.3. The van der Waals surface area contributed by atoms with E-state index < -0.39 is 15.9 Å². The lowest BCUT2D eigenvalue weighted by Gasteiger charge is -2.07. The smallest absolute Gasteiger partial charge is 0.248 e. The molecule has 2 aromatic carbocycles. The van der Waals surface area contributed by atoms with Gasteiger partial charge in [-0.05, 0) is 36.2 Å². The summed E-state index contributed by atoms with van der Waals surface area (Å²) in [6, 6.07) is 15.1. The SMILES string of the molecule is NC(=O)c1ccc(S(=O)(=O)NCCc2ccccc2)cc1. The average Bonchev–Trinajstić information content (AvgIpc) is 2.48. The van der Waals surface area contributed by atoms with Gasteiger partial charge in [0.15, 0.2) is 0 Å². The quantitative estimate of drug-likeness (QED) is 0.843. The first kappa shape index (κ1) is 15.2. The van der Waals surface area contributed by atoms with Crippen LogP contribution in [0.4, 0.5) is 0 Å². The first-order valence-electron chi connectivity index (χ1n) is 6.42. The van der Waals surface area contributed by atoms with Gasteiger partial charge >= 0.3 is 0 Å². The Morgan fingerprint density at radius 1 is 1.00 bits per heavy atom. The number of rotatable bonds is 6. The van der Waals surface area contributed by atoms with Gasteiger partial charge in [-0.2, -0.15) is 0 Å². The Balaban J connectivity index is 2.00. The molecule has 2 aromatic rings. The van der Waals surface area contributed by atoms with Crippen molar-refractivity contribution >= 4 is 15.9 Å². The number of carbonyl (C=O) groups excluding carboxylic acids is 1. The van der Waals surface area contributed by atoms with E-state index in [1.165, 1.54) is 24.3 Å². The first-order chi connectivity index (χ1) is 9.99. The third-order valence-corrected chi connectivity index (χ3v) is 4.47. The van der Waals surface area contributed by atoms with Crippen LogP contribution in [0, 0.1) is 0 Å². The number of carbonyl (C=O) groups is 1. The van der Waals surface area contributed by atoms with E-state index in [0.717, 1.165) is 5.56 Å². The van der Waals surface area contributed by atoms with Crippen molar-refractivity contribution in [1.29, 1.82) is 0 Å². The van der Waals surface area contributed by atoms with Crippen molar-refractivity contribution in [3.63, 3.8) is 0 Å². The molecule has 0 atom stereocenters. The molecule has 0 unspecified atom stereocenters. The highest BCUT2D eigenvalue weighted by molar-refractivity contribution is 7.89. The lowest BCUT2D eigenvalue weighted by molar-refractivity contribution is 0.1000. The highest BCUT2D eigenvalue weighted by Crippen LogP contribution is 2.10. The molecule has 0 radical (unpaired) electrons. The summed E-state index contributed by atoms with van der Waals surface area (Å²) in [6.07, 6.45) is 0.611. The number of amides is 1. The maximum absolute atomic E-state index is 12.1. The molecule has 0 aliphatic rings. The summed E-state index contributed by atoms with van der Waals surface area (Å²) in [5, 5.41) is 0. The van der Waals surface area contributed by atoms with Gasteiger partial charge in [0.25, 0.3) is 0 Å². The van der Waals surface area contributed by atoms with Gasteiger partial charge in [0.05, 0.1) is 4.90 Å². The van der Waals surface area contributed by atoms with Crippen LogP contribution in [-0.2, 0) is 16.4 Å². The fraction of sp³-hybridized carbons (Fsp3) is 0.133. The highest BCUT2D eigenvalue weighted by atomic mass is 32.2. The predicted octanol–water partition coefficient (Wildman–Crippen LogP) is 1.31. The highest BCUT2D eigenvalue weighted by Gasteiger charge is 2.13. The van der Waals surface area contributed by atoms with Crippen molar-refractivity contribution in [2.24, 2.45) is 5.73 Å². The van der Waals surface area contributed by atoms with E-state index in [1.54, 1.807) is 0 Å². The topological polar surface area (TPSA) is 89.3 Å². The van der Waals surface area contributed by atoms with Crippen LogP contribution in [0.1, 0.15) is 15.9 Å². The number of benzene rings is 2. The Morgan fingerprint density at radius 3 is 2.19 bits per heavy atom. The van der Waals surface area contributed by atoms with Gasteiger partial charge in [-0.3, -0.25) is 4.79 Å². The zero-order valence-corrected chi connectivity index (χ0v) is 12.1. The lowest BCUT2D eigenvalue weighted by atomic mass is 10.2. The second kappa shape index (κ2) is 6.51. The van der Waals surface area contributed by atoms with Crippen molar-refractivity contribution in [2.75, 3.05) is 6.54 Å². The number of hydrogen-bond acceptors (Lipinski definition) is 3. The third-order valence-electron chi connectivity index (χ3n) is 3.00. The molecule has 1 amide bonds. The van der Waals surface area contributed by atoms with E-state index in [9.17, 15) is 13.2 Å². The number of nitrogens with one attached hydrogen (secondary N) is 1. The van der Waals surface area contributed by atoms with Crippen LogP contribution in [-0.4, -0.2) is 20.9 Å². The van der Waals surface area contributed by atoms with Crippen molar-refractivity contribution in [2.45, 2.75) is 11.3 Å². The minimum absolute atomic E-state index is 0.112. The standard InChI is InChI=1S/C15H16N2O3S/c16-15(18)13-6-8-14(9-7-13)21(19,20)17-11-10-12-4-2-1-3-5-12/h1-9,17H,10-11H2,(H2,16,18). The molecule has 2 rings (SSSR count). The van der Waals surface area contributed by atoms with Crippen LogP contribution in [0.25, 0.3) is 0 Å². The van der Waals surface area contributed by atoms with E-state index in [0.29, 0.717) is 13.0 Å². The normalized spacial score (nSPS) is 11.2. The molecule has 3 N–H and O–H groups in total. The molecule has 6 heteroatoms. The summed E-state index contributed by atoms with van der Waals surface area (Å²) in [5.41, 5.74) is 6.45. The van der Waals surface area contributed by atoms with Gasteiger partial charge in [-0.1, -0.05) is 30.3 Å². The molecule has 0 fully saturated rings. The number of nitrogens with two attached hydrogens (primary N) is 1. The Morgan fingerprint density at radius 2 is 1.62 bits per heavy atom. The first-order valence-corrected chi connectivity index (χ1v) is 7.91. The largest absolute Gasteiger partial charge is 0.366 e. The molecule has 0 saturated heterocycles. The molecule has 0 bridgehead atoms. The predicted molar refractivity (Wildman–Crippen MR) is 80.3 cm³/mol. The Labute approximate surface area is 123 Å². The Kier molecular flexibility index (Phi) is 4.72. The molecule has 0 heterocycles. The van der Waals surface area contributed by atoms with Crippen molar-refractivity contribution in [3.8, 4) is 0 Å². The van der Waals surface area contributed by atoms with Crippen molar-refractivity contribution in [1.82, 2.24) is 4.72 Å². The Hall–Kier alpha value is -2.18. The van der Waals surface area contributed by atoms with Gasteiger partial charge in [0, 0.05) is 12.1 Å². The molecule has 110 valence electrons. The van der Waals surface area contributed by atoms with Gasteiger partial charge in [0.1, 0.15) is 0 Å². The summed E-state index contributed by atoms with van der Waals surface area (Å²) < 4.78 is 26.7. The number of hydrogen-bond donors (Lipinski definition) is 2. The number of primary amides is 1. The minimum atomic E-state index is -3.58. The number of sulfonamides is 1. The minimum Gasteiger partial charge on any atom is -0.366 e. The maximum Gasteiger partial charge on any atom is 0.248 e. The average molecular weight is 304 g/mol. The van der Waals surface area contributed by atoms with Gasteiger partial charge < -0.3 is 5.73 Å². The summed E-state index contributed by atoms with van der Waals surface area (Å²) in [4.78, 5) is 11.1. The fourth-order valence-electron chi connectivity index (χ4n) is 1.86. The molecule has 0 saturated carbocycles. The molecule has 21 heavy (non-hydrogen) atoms. The Bertz CT molecular complexity index is 710. The lowest BCUT2D eigenvalue weighted by Crippen LogP contribution is -2.26. The monoisotopic (exact) mass is 304 g/mol. The maximum atomic E-state index is 12.1. The van der Waals surface area contributed by atoms with E-state index in [2.05, 4.69) is 4.72 Å². The van der Waals surface area contributed by atoms with E-state index in [1.807, 2.05) is 30.3 Å². The van der Waals surface area contributed by atoms with Crippen LogP contribution in [0.3, 0.4) is 0 Å². The van der Waals surface area contributed by atoms with E-state index >= 15 is 0 Å². The summed E-state index contributed by atoms with van der Waals surface area (Å²) in [5.74, 6) is -0.587. The summed E-state index contributed by atoms with van der Waals surface area (Å²) in [6.45, 7) is 0.309.